The Morgan fingerprint density at radius 1 is 0.837 bits per heavy atom. The van der Waals surface area contributed by atoms with Crippen molar-refractivity contribution in [3.05, 3.63) is 64.2 Å². The molecule has 4 rings (SSSR count). The fourth-order valence-electron chi connectivity index (χ4n) is 5.11. The fraction of sp³-hybridized carbons (Fsp3) is 0.484. The summed E-state index contributed by atoms with van der Waals surface area (Å²) in [6.07, 6.45) is -4.39. The van der Waals surface area contributed by atoms with Crippen molar-refractivity contribution in [1.82, 2.24) is 0 Å². The van der Waals surface area contributed by atoms with Gasteiger partial charge >= 0.3 is 23.9 Å². The van der Waals surface area contributed by atoms with Crippen molar-refractivity contribution in [1.29, 1.82) is 0 Å². The number of halogens is 1. The van der Waals surface area contributed by atoms with Crippen molar-refractivity contribution < 1.29 is 52.3 Å². The Labute approximate surface area is 254 Å². The molecule has 2 aliphatic heterocycles. The van der Waals surface area contributed by atoms with Gasteiger partial charge in [-0.15, -0.1) is 0 Å². The first kappa shape index (κ1) is 32.2. The summed E-state index contributed by atoms with van der Waals surface area (Å²) in [5.74, 6) is -1.90. The molecule has 43 heavy (non-hydrogen) atoms. The normalized spacial score (nSPS) is 25.0. The van der Waals surface area contributed by atoms with Gasteiger partial charge in [0.15, 0.2) is 18.3 Å². The molecular formula is C31H35ClO11. The first-order valence-electron chi connectivity index (χ1n) is 13.9. The molecule has 0 bridgehead atoms. The van der Waals surface area contributed by atoms with E-state index in [0.717, 1.165) is 23.3 Å². The lowest BCUT2D eigenvalue weighted by Gasteiger charge is -2.44. The monoisotopic (exact) mass is 618 g/mol. The number of benzene rings is 2. The van der Waals surface area contributed by atoms with E-state index in [-0.39, 0.29) is 12.7 Å². The number of carbonyl (C=O) groups is 4. The maximum Gasteiger partial charge on any atom is 0.303 e. The van der Waals surface area contributed by atoms with Crippen LogP contribution in [0.3, 0.4) is 0 Å². The molecule has 0 N–H and O–H groups in total. The summed E-state index contributed by atoms with van der Waals surface area (Å²) in [7, 11) is 0. The molecule has 0 radical (unpaired) electrons. The van der Waals surface area contributed by atoms with E-state index in [1.54, 1.807) is 12.1 Å². The predicted octanol–water partition coefficient (Wildman–Crippen LogP) is 3.90. The molecule has 2 heterocycles. The molecule has 0 aromatic heterocycles. The van der Waals surface area contributed by atoms with Crippen molar-refractivity contribution in [2.24, 2.45) is 0 Å². The summed E-state index contributed by atoms with van der Waals surface area (Å²) < 4.78 is 39.4. The maximum atomic E-state index is 12.2. The Bertz CT molecular complexity index is 1310. The van der Waals surface area contributed by atoms with Crippen LogP contribution in [-0.4, -0.2) is 74.2 Å². The molecule has 6 atom stereocenters. The van der Waals surface area contributed by atoms with Crippen LogP contribution in [0, 0.1) is 0 Å². The Balaban J connectivity index is 1.65. The van der Waals surface area contributed by atoms with Gasteiger partial charge in [-0.2, -0.15) is 0 Å². The highest BCUT2D eigenvalue weighted by atomic mass is 35.5. The topological polar surface area (TPSA) is 133 Å². The molecule has 1 unspecified atom stereocenters. The molecule has 11 nitrogen and oxygen atoms in total. The summed E-state index contributed by atoms with van der Waals surface area (Å²) in [5.41, 5.74) is 2.28. The molecule has 2 aromatic carbocycles. The van der Waals surface area contributed by atoms with Gasteiger partial charge in [-0.25, -0.2) is 0 Å². The summed E-state index contributed by atoms with van der Waals surface area (Å²) in [5, 5.41) is 0.498. The van der Waals surface area contributed by atoms with Crippen LogP contribution < -0.4 is 4.74 Å². The Morgan fingerprint density at radius 3 is 2.09 bits per heavy atom. The van der Waals surface area contributed by atoms with Gasteiger partial charge < -0.3 is 33.2 Å². The standard InChI is InChI=1S/C31H35ClO11/c1-17(33)38-16-27-29(39-18(2)34)31(41-20(4)36)30(40-19(3)35)28(43-27)22-7-10-26(32)23(14-22)13-21-5-8-24(9-6-21)42-25-11-12-37-15-25/h5-10,14,25,27-31H,11-13,15-16H2,1-4H3/t25?,27-,28+,29-,30+,31+/m1/s1. The number of ether oxygens (including phenoxy) is 7. The van der Waals surface area contributed by atoms with Gasteiger partial charge in [0.2, 0.25) is 0 Å². The van der Waals surface area contributed by atoms with E-state index < -0.39 is 54.4 Å². The van der Waals surface area contributed by atoms with Gasteiger partial charge in [0.25, 0.3) is 0 Å². The third-order valence-electron chi connectivity index (χ3n) is 6.90. The SMILES string of the molecule is CC(=O)OC[C@H]1O[C@@H](c2ccc(Cl)c(Cc3ccc(OC4CCOC4)cc3)c2)[C@H](OC(C)=O)[C@@H](OC(C)=O)[C@@H]1OC(C)=O. The van der Waals surface area contributed by atoms with E-state index in [1.165, 1.54) is 27.7 Å². The maximum absolute atomic E-state index is 12.2. The van der Waals surface area contributed by atoms with E-state index in [1.807, 2.05) is 30.3 Å². The van der Waals surface area contributed by atoms with Crippen LogP contribution in [0.5, 0.6) is 5.75 Å². The summed E-state index contributed by atoms with van der Waals surface area (Å²) in [6.45, 7) is 5.73. The van der Waals surface area contributed by atoms with Crippen LogP contribution in [0.2, 0.25) is 5.02 Å². The molecule has 2 aliphatic rings. The molecule has 0 saturated carbocycles. The second-order valence-corrected chi connectivity index (χ2v) is 10.8. The van der Waals surface area contributed by atoms with E-state index >= 15 is 0 Å². The second-order valence-electron chi connectivity index (χ2n) is 10.4. The molecule has 0 amide bonds. The van der Waals surface area contributed by atoms with Gasteiger partial charge in [-0.05, 0) is 41.3 Å². The van der Waals surface area contributed by atoms with E-state index in [2.05, 4.69) is 0 Å². The molecule has 2 aromatic rings. The number of esters is 4. The third kappa shape index (κ3) is 8.92. The van der Waals surface area contributed by atoms with Gasteiger partial charge in [0.1, 0.15) is 30.7 Å². The minimum atomic E-state index is -1.26. The van der Waals surface area contributed by atoms with Gasteiger partial charge in [-0.3, -0.25) is 19.2 Å². The average Bonchev–Trinajstić information content (AvgIpc) is 3.44. The van der Waals surface area contributed by atoms with Gasteiger partial charge in [-0.1, -0.05) is 35.9 Å². The van der Waals surface area contributed by atoms with Crippen molar-refractivity contribution >= 4 is 35.5 Å². The zero-order valence-corrected chi connectivity index (χ0v) is 25.2. The highest BCUT2D eigenvalue weighted by molar-refractivity contribution is 6.31. The Hall–Kier alpha value is -3.67. The zero-order chi connectivity index (χ0) is 31.1. The lowest BCUT2D eigenvalue weighted by atomic mass is 9.89. The summed E-state index contributed by atoms with van der Waals surface area (Å²) >= 11 is 6.59. The van der Waals surface area contributed by atoms with Crippen LogP contribution in [-0.2, 0) is 54.0 Å². The smallest absolute Gasteiger partial charge is 0.303 e. The van der Waals surface area contributed by atoms with Crippen LogP contribution >= 0.6 is 11.6 Å². The second kappa shape index (κ2) is 14.7. The molecule has 0 spiro atoms. The lowest BCUT2D eigenvalue weighted by Crippen LogP contribution is -2.59. The summed E-state index contributed by atoms with van der Waals surface area (Å²) in [4.78, 5) is 48.0. The van der Waals surface area contributed by atoms with Crippen molar-refractivity contribution in [2.45, 2.75) is 77.2 Å². The minimum Gasteiger partial charge on any atom is -0.488 e. The number of rotatable bonds is 10. The van der Waals surface area contributed by atoms with Crippen LogP contribution in [0.25, 0.3) is 0 Å². The number of hydrogen-bond donors (Lipinski definition) is 0. The summed E-state index contributed by atoms with van der Waals surface area (Å²) in [6, 6.07) is 12.9. The van der Waals surface area contributed by atoms with Gasteiger partial charge in [0.05, 0.1) is 13.2 Å². The van der Waals surface area contributed by atoms with Gasteiger partial charge in [0, 0.05) is 39.1 Å². The highest BCUT2D eigenvalue weighted by Crippen LogP contribution is 2.39. The van der Waals surface area contributed by atoms with Crippen molar-refractivity contribution in [3.63, 3.8) is 0 Å². The van der Waals surface area contributed by atoms with E-state index in [0.29, 0.717) is 30.2 Å². The minimum absolute atomic E-state index is 0.0403. The van der Waals surface area contributed by atoms with E-state index in [4.69, 9.17) is 44.8 Å². The number of hydrogen-bond acceptors (Lipinski definition) is 11. The molecule has 2 fully saturated rings. The highest BCUT2D eigenvalue weighted by Gasteiger charge is 2.52. The first-order valence-corrected chi connectivity index (χ1v) is 14.3. The molecule has 0 aliphatic carbocycles. The molecule has 232 valence electrons. The molecule has 2 saturated heterocycles. The van der Waals surface area contributed by atoms with Crippen LogP contribution in [0.15, 0.2) is 42.5 Å². The predicted molar refractivity (Wildman–Crippen MR) is 151 cm³/mol. The van der Waals surface area contributed by atoms with Crippen LogP contribution in [0.1, 0.15) is 56.9 Å². The average molecular weight is 619 g/mol. The van der Waals surface area contributed by atoms with E-state index in [9.17, 15) is 19.2 Å². The molecular weight excluding hydrogens is 584 g/mol. The Kier molecular flexibility index (Phi) is 11.0. The van der Waals surface area contributed by atoms with Crippen molar-refractivity contribution in [3.8, 4) is 5.75 Å². The van der Waals surface area contributed by atoms with Crippen molar-refractivity contribution in [2.75, 3.05) is 19.8 Å². The first-order chi connectivity index (χ1) is 20.5. The largest absolute Gasteiger partial charge is 0.488 e. The number of carbonyl (C=O) groups excluding carboxylic acids is 4. The lowest BCUT2D eigenvalue weighted by molar-refractivity contribution is -0.254. The molecule has 12 heteroatoms. The zero-order valence-electron chi connectivity index (χ0n) is 24.4. The van der Waals surface area contributed by atoms with Crippen LogP contribution in [0.4, 0.5) is 0 Å². The fourth-order valence-corrected chi connectivity index (χ4v) is 5.29. The third-order valence-corrected chi connectivity index (χ3v) is 7.27. The quantitative estimate of drug-likeness (QED) is 0.284. The Morgan fingerprint density at radius 2 is 1.49 bits per heavy atom.